The lowest BCUT2D eigenvalue weighted by molar-refractivity contribution is -0.148. The summed E-state index contributed by atoms with van der Waals surface area (Å²) < 4.78 is 5.13. The highest BCUT2D eigenvalue weighted by atomic mass is 16.5. The number of carbonyl (C=O) groups is 1. The van der Waals surface area contributed by atoms with Gasteiger partial charge in [-0.05, 0) is 36.1 Å². The van der Waals surface area contributed by atoms with Gasteiger partial charge in [-0.25, -0.2) is 4.79 Å². The second kappa shape index (κ2) is 10.6. The third-order valence-electron chi connectivity index (χ3n) is 6.72. The molecule has 2 aliphatic rings. The van der Waals surface area contributed by atoms with E-state index in [1.807, 2.05) is 30.3 Å². The number of hydrogen-bond acceptors (Lipinski definition) is 7. The molecule has 0 bridgehead atoms. The summed E-state index contributed by atoms with van der Waals surface area (Å²) in [6, 6.07) is 18.6. The molecule has 0 aliphatic carbocycles. The largest absolute Gasteiger partial charge is 0.468 e. The van der Waals surface area contributed by atoms with Crippen LogP contribution in [0, 0.1) is 0 Å². The summed E-state index contributed by atoms with van der Waals surface area (Å²) in [6.45, 7) is 6.00. The van der Waals surface area contributed by atoms with Crippen LogP contribution in [0.1, 0.15) is 30.0 Å². The number of nitrogens with two attached hydrogens (primary N) is 1. The van der Waals surface area contributed by atoms with Crippen molar-refractivity contribution in [1.29, 1.82) is 0 Å². The molecule has 2 saturated heterocycles. The Labute approximate surface area is 190 Å². The topological polar surface area (TPSA) is 74.4 Å². The number of likely N-dealkylation sites (tertiary alicyclic amines) is 1. The van der Waals surface area contributed by atoms with Crippen LogP contribution in [0.3, 0.4) is 0 Å². The number of rotatable bonds is 6. The first kappa shape index (κ1) is 22.3. The number of piperazine rings is 1. The van der Waals surface area contributed by atoms with Crippen molar-refractivity contribution in [2.45, 2.75) is 24.9 Å². The van der Waals surface area contributed by atoms with Crippen molar-refractivity contribution in [3.63, 3.8) is 0 Å². The van der Waals surface area contributed by atoms with Gasteiger partial charge in [0.2, 0.25) is 0 Å². The molecule has 170 valence electrons. The molecule has 7 nitrogen and oxygen atoms in total. The van der Waals surface area contributed by atoms with Gasteiger partial charge in [0, 0.05) is 51.0 Å². The van der Waals surface area contributed by atoms with Crippen molar-refractivity contribution < 1.29 is 9.53 Å². The molecule has 1 unspecified atom stereocenters. The minimum absolute atomic E-state index is 0.174. The summed E-state index contributed by atoms with van der Waals surface area (Å²) in [7, 11) is 1.48. The first-order chi connectivity index (χ1) is 15.7. The number of hydrazone groups is 1. The predicted octanol–water partition coefficient (Wildman–Crippen LogP) is 2.48. The Morgan fingerprint density at radius 2 is 1.66 bits per heavy atom. The van der Waals surface area contributed by atoms with Crippen molar-refractivity contribution in [2.75, 3.05) is 51.3 Å². The van der Waals surface area contributed by atoms with E-state index in [-0.39, 0.29) is 12.0 Å². The molecule has 0 amide bonds. The Morgan fingerprint density at radius 3 is 2.25 bits per heavy atom. The van der Waals surface area contributed by atoms with Crippen molar-refractivity contribution in [3.8, 4) is 0 Å². The Morgan fingerprint density at radius 1 is 1.00 bits per heavy atom. The minimum atomic E-state index is -0.314. The fourth-order valence-electron chi connectivity index (χ4n) is 4.95. The van der Waals surface area contributed by atoms with E-state index in [1.165, 1.54) is 12.8 Å². The molecule has 2 N–H and O–H groups in total. The van der Waals surface area contributed by atoms with E-state index in [4.69, 9.17) is 10.6 Å². The van der Waals surface area contributed by atoms with Gasteiger partial charge < -0.3 is 15.5 Å². The third-order valence-corrected chi connectivity index (χ3v) is 6.72. The molecule has 7 heteroatoms. The van der Waals surface area contributed by atoms with E-state index in [2.05, 4.69) is 44.1 Å². The van der Waals surface area contributed by atoms with Crippen LogP contribution in [0.25, 0.3) is 0 Å². The van der Waals surface area contributed by atoms with Crippen LogP contribution in [0.4, 0.5) is 5.69 Å². The molecule has 2 aromatic rings. The van der Waals surface area contributed by atoms with Crippen LogP contribution >= 0.6 is 0 Å². The maximum atomic E-state index is 12.5. The van der Waals surface area contributed by atoms with Crippen LogP contribution in [0.2, 0.25) is 0 Å². The van der Waals surface area contributed by atoms with Crippen molar-refractivity contribution in [2.24, 2.45) is 10.9 Å². The SMILES string of the molecule is COC(=O)C(c1ccccc1)N1CCC(N2CCN(c3ccc(C=NN)cc3)CC2)CC1. The highest BCUT2D eigenvalue weighted by Crippen LogP contribution is 2.28. The fourth-order valence-corrected chi connectivity index (χ4v) is 4.95. The maximum Gasteiger partial charge on any atom is 0.327 e. The highest BCUT2D eigenvalue weighted by molar-refractivity contribution is 5.80. The van der Waals surface area contributed by atoms with Gasteiger partial charge in [0.15, 0.2) is 0 Å². The first-order valence-corrected chi connectivity index (χ1v) is 11.4. The van der Waals surface area contributed by atoms with Gasteiger partial charge in [-0.2, -0.15) is 5.10 Å². The summed E-state index contributed by atoms with van der Waals surface area (Å²) in [5.41, 5.74) is 3.27. The summed E-state index contributed by atoms with van der Waals surface area (Å²) in [4.78, 5) is 19.9. The van der Waals surface area contributed by atoms with E-state index in [1.54, 1.807) is 6.21 Å². The smallest absolute Gasteiger partial charge is 0.327 e. The molecule has 0 aromatic heterocycles. The van der Waals surface area contributed by atoms with Crippen LogP contribution in [0.5, 0.6) is 0 Å². The van der Waals surface area contributed by atoms with Crippen LogP contribution in [0.15, 0.2) is 59.7 Å². The van der Waals surface area contributed by atoms with E-state index < -0.39 is 0 Å². The minimum Gasteiger partial charge on any atom is -0.468 e. The monoisotopic (exact) mass is 435 g/mol. The lowest BCUT2D eigenvalue weighted by Crippen LogP contribution is -2.54. The molecule has 0 spiro atoms. The highest BCUT2D eigenvalue weighted by Gasteiger charge is 2.34. The molecule has 2 fully saturated rings. The number of hydrogen-bond donors (Lipinski definition) is 1. The number of piperidine rings is 1. The number of carbonyl (C=O) groups excluding carboxylic acids is 1. The molecular weight excluding hydrogens is 402 g/mol. The van der Waals surface area contributed by atoms with E-state index >= 15 is 0 Å². The van der Waals surface area contributed by atoms with Gasteiger partial charge in [0.1, 0.15) is 6.04 Å². The number of esters is 1. The Kier molecular flexibility index (Phi) is 7.39. The molecule has 2 aromatic carbocycles. The summed E-state index contributed by atoms with van der Waals surface area (Å²) in [5.74, 6) is 5.06. The van der Waals surface area contributed by atoms with Crippen molar-refractivity contribution in [3.05, 3.63) is 65.7 Å². The second-order valence-corrected chi connectivity index (χ2v) is 8.50. The van der Waals surface area contributed by atoms with Crippen molar-refractivity contribution >= 4 is 17.9 Å². The average Bonchev–Trinajstić information content (AvgIpc) is 2.86. The molecule has 0 saturated carbocycles. The predicted molar refractivity (Wildman–Crippen MR) is 128 cm³/mol. The van der Waals surface area contributed by atoms with Crippen LogP contribution in [-0.4, -0.2) is 74.4 Å². The zero-order chi connectivity index (χ0) is 22.3. The van der Waals surface area contributed by atoms with Crippen LogP contribution < -0.4 is 10.7 Å². The number of anilines is 1. The second-order valence-electron chi connectivity index (χ2n) is 8.50. The molecule has 2 aliphatic heterocycles. The van der Waals surface area contributed by atoms with E-state index in [0.29, 0.717) is 6.04 Å². The van der Waals surface area contributed by atoms with E-state index in [0.717, 1.165) is 63.2 Å². The zero-order valence-electron chi connectivity index (χ0n) is 18.8. The molecular formula is C25H33N5O2. The molecule has 4 rings (SSSR count). The maximum absolute atomic E-state index is 12.5. The number of ether oxygens (including phenoxy) is 1. The normalized spacial score (nSPS) is 19.8. The van der Waals surface area contributed by atoms with Gasteiger partial charge in [-0.3, -0.25) is 9.80 Å². The van der Waals surface area contributed by atoms with Gasteiger partial charge in [-0.15, -0.1) is 0 Å². The summed E-state index contributed by atoms with van der Waals surface area (Å²) in [6.07, 6.45) is 3.82. The molecule has 0 radical (unpaired) electrons. The fraction of sp³-hybridized carbons (Fsp3) is 0.440. The van der Waals surface area contributed by atoms with Gasteiger partial charge >= 0.3 is 5.97 Å². The number of benzene rings is 2. The molecule has 32 heavy (non-hydrogen) atoms. The molecule has 2 heterocycles. The lowest BCUT2D eigenvalue weighted by atomic mass is 9.97. The van der Waals surface area contributed by atoms with Crippen LogP contribution in [-0.2, 0) is 9.53 Å². The third kappa shape index (κ3) is 5.11. The van der Waals surface area contributed by atoms with Gasteiger partial charge in [0.05, 0.1) is 13.3 Å². The summed E-state index contributed by atoms with van der Waals surface area (Å²) in [5, 5.41) is 3.58. The number of methoxy groups -OCH3 is 1. The lowest BCUT2D eigenvalue weighted by Gasteiger charge is -2.44. The Bertz CT molecular complexity index is 886. The molecule has 1 atom stereocenters. The van der Waals surface area contributed by atoms with Gasteiger partial charge in [-0.1, -0.05) is 42.5 Å². The standard InChI is InChI=1S/C25H33N5O2/c1-32-25(31)24(21-5-3-2-4-6-21)30-13-11-23(12-14-30)29-17-15-28(16-18-29)22-9-7-20(8-10-22)19-27-26/h2-10,19,23-24H,11-18,26H2,1H3. The summed E-state index contributed by atoms with van der Waals surface area (Å²) >= 11 is 0. The Hall–Kier alpha value is -2.90. The van der Waals surface area contributed by atoms with Gasteiger partial charge in [0.25, 0.3) is 0 Å². The van der Waals surface area contributed by atoms with Crippen molar-refractivity contribution in [1.82, 2.24) is 9.80 Å². The number of nitrogens with zero attached hydrogens (tertiary/aromatic N) is 4. The first-order valence-electron chi connectivity index (χ1n) is 11.4. The van der Waals surface area contributed by atoms with E-state index in [9.17, 15) is 4.79 Å². The zero-order valence-corrected chi connectivity index (χ0v) is 18.8. The average molecular weight is 436 g/mol. The quantitative estimate of drug-likeness (QED) is 0.325. The Balaban J connectivity index is 1.30.